The first-order valence-corrected chi connectivity index (χ1v) is 6.37. The first kappa shape index (κ1) is 11.7. The molecule has 1 saturated carbocycles. The van der Waals surface area contributed by atoms with Crippen LogP contribution >= 0.6 is 11.6 Å². The Balaban J connectivity index is 2.18. The minimum atomic E-state index is 0.0407. The third-order valence-corrected chi connectivity index (χ3v) is 3.80. The molecule has 1 aromatic rings. The highest BCUT2D eigenvalue weighted by Crippen LogP contribution is 2.35. The molecule has 1 aliphatic carbocycles. The van der Waals surface area contributed by atoms with E-state index in [0.717, 1.165) is 16.3 Å². The summed E-state index contributed by atoms with van der Waals surface area (Å²) < 4.78 is 0. The SMILES string of the molecule is Nc1ccc(Cl)cc1[C@H](N)C1CCCCC1. The normalized spacial score (nSPS) is 19.6. The summed E-state index contributed by atoms with van der Waals surface area (Å²) in [7, 11) is 0. The third kappa shape index (κ3) is 2.50. The van der Waals surface area contributed by atoms with Crippen molar-refractivity contribution in [1.82, 2.24) is 0 Å². The summed E-state index contributed by atoms with van der Waals surface area (Å²) in [6, 6.07) is 5.61. The Bertz CT molecular complexity index is 359. The molecular formula is C13H19ClN2. The molecule has 0 saturated heterocycles. The van der Waals surface area contributed by atoms with Crippen molar-refractivity contribution in [2.24, 2.45) is 11.7 Å². The van der Waals surface area contributed by atoms with E-state index in [1.807, 2.05) is 18.2 Å². The number of hydrogen-bond donors (Lipinski definition) is 2. The predicted molar refractivity (Wildman–Crippen MR) is 69.4 cm³/mol. The van der Waals surface area contributed by atoms with Crippen LogP contribution in [0, 0.1) is 5.92 Å². The van der Waals surface area contributed by atoms with Crippen LogP contribution in [0.5, 0.6) is 0 Å². The Morgan fingerprint density at radius 1 is 1.19 bits per heavy atom. The Morgan fingerprint density at radius 2 is 1.88 bits per heavy atom. The molecule has 88 valence electrons. The van der Waals surface area contributed by atoms with E-state index < -0.39 is 0 Å². The summed E-state index contributed by atoms with van der Waals surface area (Å²) >= 11 is 5.99. The van der Waals surface area contributed by atoms with Gasteiger partial charge in [0.2, 0.25) is 0 Å². The second kappa shape index (κ2) is 5.07. The molecule has 1 atom stereocenters. The number of nitrogen functional groups attached to an aromatic ring is 1. The third-order valence-electron chi connectivity index (χ3n) is 3.57. The largest absolute Gasteiger partial charge is 0.398 e. The van der Waals surface area contributed by atoms with Gasteiger partial charge in [-0.2, -0.15) is 0 Å². The zero-order valence-corrected chi connectivity index (χ0v) is 10.2. The maximum Gasteiger partial charge on any atom is 0.0410 e. The Morgan fingerprint density at radius 3 is 2.56 bits per heavy atom. The van der Waals surface area contributed by atoms with E-state index in [1.54, 1.807) is 0 Å². The Labute approximate surface area is 102 Å². The fraction of sp³-hybridized carbons (Fsp3) is 0.538. The standard InChI is InChI=1S/C13H19ClN2/c14-10-6-7-12(15)11(8-10)13(16)9-4-2-1-3-5-9/h6-9,13H,1-5,15-16H2/t13-/m1/s1. The minimum Gasteiger partial charge on any atom is -0.398 e. The molecule has 16 heavy (non-hydrogen) atoms. The number of halogens is 1. The molecule has 0 spiro atoms. The van der Waals surface area contributed by atoms with Crippen LogP contribution in [-0.2, 0) is 0 Å². The molecule has 4 N–H and O–H groups in total. The maximum atomic E-state index is 6.30. The molecule has 0 aromatic heterocycles. The number of nitrogens with two attached hydrogens (primary N) is 2. The molecule has 0 heterocycles. The van der Waals surface area contributed by atoms with Crippen molar-refractivity contribution < 1.29 is 0 Å². The van der Waals surface area contributed by atoms with Gasteiger partial charge in [-0.15, -0.1) is 0 Å². The highest BCUT2D eigenvalue weighted by Gasteiger charge is 2.23. The van der Waals surface area contributed by atoms with Crippen molar-refractivity contribution in [3.63, 3.8) is 0 Å². The summed E-state index contributed by atoms with van der Waals surface area (Å²) in [6.45, 7) is 0. The van der Waals surface area contributed by atoms with Crippen LogP contribution in [0.3, 0.4) is 0 Å². The zero-order chi connectivity index (χ0) is 11.5. The lowest BCUT2D eigenvalue weighted by atomic mass is 9.81. The van der Waals surface area contributed by atoms with Crippen molar-refractivity contribution in [1.29, 1.82) is 0 Å². The first-order valence-electron chi connectivity index (χ1n) is 5.99. The summed E-state index contributed by atoms with van der Waals surface area (Å²) in [6.07, 6.45) is 6.35. The topological polar surface area (TPSA) is 52.0 Å². The molecule has 0 radical (unpaired) electrons. The van der Waals surface area contributed by atoms with E-state index in [2.05, 4.69) is 0 Å². The molecule has 1 aromatic carbocycles. The molecule has 0 bridgehead atoms. The zero-order valence-electron chi connectivity index (χ0n) is 9.45. The molecule has 0 amide bonds. The van der Waals surface area contributed by atoms with Crippen molar-refractivity contribution in [3.05, 3.63) is 28.8 Å². The van der Waals surface area contributed by atoms with E-state index in [-0.39, 0.29) is 6.04 Å². The van der Waals surface area contributed by atoms with Gasteiger partial charge in [0.05, 0.1) is 0 Å². The number of benzene rings is 1. The van der Waals surface area contributed by atoms with E-state index in [4.69, 9.17) is 23.1 Å². The van der Waals surface area contributed by atoms with Crippen molar-refractivity contribution >= 4 is 17.3 Å². The smallest absolute Gasteiger partial charge is 0.0410 e. The summed E-state index contributed by atoms with van der Waals surface area (Å²) in [5, 5.41) is 0.718. The van der Waals surface area contributed by atoms with Gasteiger partial charge < -0.3 is 11.5 Å². The van der Waals surface area contributed by atoms with E-state index in [1.165, 1.54) is 32.1 Å². The van der Waals surface area contributed by atoms with Crippen molar-refractivity contribution in [2.75, 3.05) is 5.73 Å². The summed E-state index contributed by atoms with van der Waals surface area (Å²) in [5.74, 6) is 0.564. The first-order chi connectivity index (χ1) is 7.68. The molecule has 0 unspecified atom stereocenters. The van der Waals surface area contributed by atoms with Crippen LogP contribution in [0.1, 0.15) is 43.7 Å². The van der Waals surface area contributed by atoms with Gasteiger partial charge >= 0.3 is 0 Å². The fourth-order valence-corrected chi connectivity index (χ4v) is 2.76. The van der Waals surface area contributed by atoms with E-state index >= 15 is 0 Å². The van der Waals surface area contributed by atoms with Crippen LogP contribution < -0.4 is 11.5 Å². The minimum absolute atomic E-state index is 0.0407. The lowest BCUT2D eigenvalue weighted by Crippen LogP contribution is -2.24. The number of rotatable bonds is 2. The van der Waals surface area contributed by atoms with E-state index in [0.29, 0.717) is 5.92 Å². The number of hydrogen-bond acceptors (Lipinski definition) is 2. The van der Waals surface area contributed by atoms with Gasteiger partial charge in [0.25, 0.3) is 0 Å². The summed E-state index contributed by atoms with van der Waals surface area (Å²) in [4.78, 5) is 0. The molecule has 2 rings (SSSR count). The summed E-state index contributed by atoms with van der Waals surface area (Å²) in [5.41, 5.74) is 14.0. The second-order valence-electron chi connectivity index (χ2n) is 4.70. The molecule has 1 fully saturated rings. The van der Waals surface area contributed by atoms with Gasteiger partial charge in [-0.3, -0.25) is 0 Å². The van der Waals surface area contributed by atoms with Gasteiger partial charge in [0, 0.05) is 16.8 Å². The molecule has 0 aliphatic heterocycles. The quantitative estimate of drug-likeness (QED) is 0.775. The number of anilines is 1. The van der Waals surface area contributed by atoms with Crippen molar-refractivity contribution in [2.45, 2.75) is 38.1 Å². The average molecular weight is 239 g/mol. The lowest BCUT2D eigenvalue weighted by Gasteiger charge is -2.28. The van der Waals surface area contributed by atoms with Crippen LogP contribution in [0.2, 0.25) is 5.02 Å². The van der Waals surface area contributed by atoms with Gasteiger partial charge in [-0.05, 0) is 42.5 Å². The Hall–Kier alpha value is -0.730. The van der Waals surface area contributed by atoms with Crippen LogP contribution in [0.4, 0.5) is 5.69 Å². The van der Waals surface area contributed by atoms with Crippen molar-refractivity contribution in [3.8, 4) is 0 Å². The molecule has 1 aliphatic rings. The molecule has 2 nitrogen and oxygen atoms in total. The monoisotopic (exact) mass is 238 g/mol. The van der Waals surface area contributed by atoms with Gasteiger partial charge in [0.1, 0.15) is 0 Å². The molecular weight excluding hydrogens is 220 g/mol. The van der Waals surface area contributed by atoms with Crippen LogP contribution in [0.15, 0.2) is 18.2 Å². The average Bonchev–Trinajstić information content (AvgIpc) is 2.32. The Kier molecular flexibility index (Phi) is 3.72. The van der Waals surface area contributed by atoms with E-state index in [9.17, 15) is 0 Å². The maximum absolute atomic E-state index is 6.30. The fourth-order valence-electron chi connectivity index (χ4n) is 2.58. The second-order valence-corrected chi connectivity index (χ2v) is 5.13. The van der Waals surface area contributed by atoms with Gasteiger partial charge in [0.15, 0.2) is 0 Å². The highest BCUT2D eigenvalue weighted by molar-refractivity contribution is 6.30. The highest BCUT2D eigenvalue weighted by atomic mass is 35.5. The van der Waals surface area contributed by atoms with Gasteiger partial charge in [-0.1, -0.05) is 30.9 Å². The lowest BCUT2D eigenvalue weighted by molar-refractivity contribution is 0.308. The molecule has 3 heteroatoms. The van der Waals surface area contributed by atoms with Crippen LogP contribution in [0.25, 0.3) is 0 Å². The predicted octanol–water partition coefficient (Wildman–Crippen LogP) is 3.50. The van der Waals surface area contributed by atoms with Gasteiger partial charge in [-0.25, -0.2) is 0 Å². The van der Waals surface area contributed by atoms with Crippen LogP contribution in [-0.4, -0.2) is 0 Å².